The maximum absolute atomic E-state index is 11.0. The lowest BCUT2D eigenvalue weighted by Crippen LogP contribution is -2.20. The van der Waals surface area contributed by atoms with Crippen LogP contribution in [0.5, 0.6) is 0 Å². The van der Waals surface area contributed by atoms with Crippen molar-refractivity contribution in [2.24, 2.45) is 0 Å². The first-order valence-electron chi connectivity index (χ1n) is 3.93. The van der Waals surface area contributed by atoms with Crippen LogP contribution in [0.4, 0.5) is 0 Å². The van der Waals surface area contributed by atoms with Gasteiger partial charge < -0.3 is 4.89 Å². The van der Waals surface area contributed by atoms with Gasteiger partial charge in [-0.2, -0.15) is 0 Å². The minimum absolute atomic E-state index is 0.264. The van der Waals surface area contributed by atoms with Crippen molar-refractivity contribution < 1.29 is 9.46 Å². The average Bonchev–Trinajstić information content (AvgIpc) is 1.79. The summed E-state index contributed by atoms with van der Waals surface area (Å²) in [6.45, 7) is 7.90. The molecule has 1 unspecified atom stereocenters. The fourth-order valence-electron chi connectivity index (χ4n) is 0.900. The van der Waals surface area contributed by atoms with Gasteiger partial charge in [-0.15, -0.1) is 6.58 Å². The molecule has 0 bridgehead atoms. The van der Waals surface area contributed by atoms with Crippen molar-refractivity contribution in [1.82, 2.24) is 4.90 Å². The molecule has 0 amide bonds. The van der Waals surface area contributed by atoms with Gasteiger partial charge in [0.05, 0.1) is 6.29 Å². The summed E-state index contributed by atoms with van der Waals surface area (Å²) in [4.78, 5) is 10.9. The van der Waals surface area contributed by atoms with Crippen LogP contribution in [0.2, 0.25) is 0 Å². The molecule has 0 aromatic rings. The minimum atomic E-state index is -2.89. The van der Waals surface area contributed by atoms with Gasteiger partial charge in [-0.05, 0) is 20.4 Å². The van der Waals surface area contributed by atoms with E-state index >= 15 is 0 Å². The van der Waals surface area contributed by atoms with Crippen LogP contribution in [0.15, 0.2) is 12.2 Å². The molecular weight excluding hydrogens is 173 g/mol. The highest BCUT2D eigenvalue weighted by molar-refractivity contribution is 7.57. The molecule has 0 aromatic heterocycles. The molecule has 72 valence electrons. The van der Waals surface area contributed by atoms with E-state index in [1.54, 1.807) is 0 Å². The summed E-state index contributed by atoms with van der Waals surface area (Å²) in [6, 6.07) is 0. The zero-order valence-electron chi connectivity index (χ0n) is 8.08. The summed E-state index contributed by atoms with van der Waals surface area (Å²) < 4.78 is 11.0. The lowest BCUT2D eigenvalue weighted by Gasteiger charge is -2.17. The molecule has 0 aliphatic rings. The molecule has 0 aromatic carbocycles. The lowest BCUT2D eigenvalue weighted by molar-refractivity contribution is 0.365. The fraction of sp³-hybridized carbons (Fsp3) is 0.750. The van der Waals surface area contributed by atoms with Gasteiger partial charge in [0.1, 0.15) is 0 Å². The van der Waals surface area contributed by atoms with E-state index < -0.39 is 7.37 Å². The Hall–Kier alpha value is -0.110. The van der Waals surface area contributed by atoms with E-state index in [4.69, 9.17) is 4.89 Å². The Labute approximate surface area is 74.5 Å². The Balaban J connectivity index is 3.67. The topological polar surface area (TPSA) is 40.5 Å². The minimum Gasteiger partial charge on any atom is -0.344 e. The molecule has 1 N–H and O–H groups in total. The summed E-state index contributed by atoms with van der Waals surface area (Å²) in [5.74, 6) is 0. The first kappa shape index (κ1) is 11.9. The molecule has 12 heavy (non-hydrogen) atoms. The first-order chi connectivity index (χ1) is 5.31. The predicted molar refractivity (Wildman–Crippen MR) is 52.7 cm³/mol. The van der Waals surface area contributed by atoms with Crippen LogP contribution < -0.4 is 0 Å². The Morgan fingerprint density at radius 2 is 2.17 bits per heavy atom. The molecule has 0 radical (unpaired) electrons. The van der Waals surface area contributed by atoms with Crippen LogP contribution >= 0.6 is 7.37 Å². The highest BCUT2D eigenvalue weighted by atomic mass is 31.2. The van der Waals surface area contributed by atoms with Crippen molar-refractivity contribution in [1.29, 1.82) is 0 Å². The third-order valence-corrected chi connectivity index (χ3v) is 2.43. The molecule has 0 rings (SSSR count). The van der Waals surface area contributed by atoms with E-state index in [1.807, 2.05) is 18.9 Å². The van der Waals surface area contributed by atoms with Gasteiger partial charge in [-0.25, -0.2) is 0 Å². The van der Waals surface area contributed by atoms with Crippen molar-refractivity contribution in [3.05, 3.63) is 12.2 Å². The van der Waals surface area contributed by atoms with E-state index in [1.165, 1.54) is 6.66 Å². The Bertz CT molecular complexity index is 197. The molecule has 0 heterocycles. The smallest absolute Gasteiger partial charge is 0.211 e. The molecule has 3 nitrogen and oxygen atoms in total. The quantitative estimate of drug-likeness (QED) is 0.531. The van der Waals surface area contributed by atoms with Crippen molar-refractivity contribution in [2.75, 3.05) is 26.5 Å². The van der Waals surface area contributed by atoms with Gasteiger partial charge in [-0.1, -0.05) is 5.57 Å². The van der Waals surface area contributed by atoms with Gasteiger partial charge >= 0.3 is 0 Å². The van der Waals surface area contributed by atoms with Crippen LogP contribution in [0.25, 0.3) is 0 Å². The van der Waals surface area contributed by atoms with Crippen molar-refractivity contribution in [3.8, 4) is 0 Å². The second-order valence-corrected chi connectivity index (χ2v) is 5.86. The van der Waals surface area contributed by atoms with Crippen LogP contribution in [0.1, 0.15) is 13.3 Å². The number of nitrogens with zero attached hydrogens (tertiary/aromatic N) is 1. The van der Waals surface area contributed by atoms with Crippen LogP contribution in [0.3, 0.4) is 0 Å². The largest absolute Gasteiger partial charge is 0.344 e. The van der Waals surface area contributed by atoms with Gasteiger partial charge in [0, 0.05) is 13.2 Å². The third kappa shape index (κ3) is 7.99. The SMILES string of the molecule is C=C(C)CCN(C)CP(C)(=O)O. The molecule has 0 aliphatic heterocycles. The van der Waals surface area contributed by atoms with E-state index in [9.17, 15) is 4.57 Å². The van der Waals surface area contributed by atoms with E-state index in [2.05, 4.69) is 6.58 Å². The van der Waals surface area contributed by atoms with Crippen molar-refractivity contribution >= 4 is 7.37 Å². The zero-order valence-corrected chi connectivity index (χ0v) is 8.97. The summed E-state index contributed by atoms with van der Waals surface area (Å²) in [6.07, 6.45) is 1.15. The molecule has 4 heteroatoms. The lowest BCUT2D eigenvalue weighted by atomic mass is 10.2. The first-order valence-corrected chi connectivity index (χ1v) is 6.22. The molecule has 0 saturated heterocycles. The molecule has 0 aliphatic carbocycles. The standard InChI is InChI=1S/C8H18NO2P/c1-8(2)5-6-9(3)7-12(4,10)11/h1,5-7H2,2-4H3,(H,10,11). The van der Waals surface area contributed by atoms with Crippen LogP contribution in [0, 0.1) is 0 Å². The maximum Gasteiger partial charge on any atom is 0.211 e. The van der Waals surface area contributed by atoms with Gasteiger partial charge in [0.25, 0.3) is 0 Å². The molecule has 0 saturated carbocycles. The molecular formula is C8H18NO2P. The highest BCUT2D eigenvalue weighted by Crippen LogP contribution is 2.35. The van der Waals surface area contributed by atoms with Gasteiger partial charge in [-0.3, -0.25) is 9.46 Å². The molecule has 0 spiro atoms. The zero-order chi connectivity index (χ0) is 9.78. The highest BCUT2D eigenvalue weighted by Gasteiger charge is 2.12. The predicted octanol–water partition coefficient (Wildman–Crippen LogP) is 1.74. The Morgan fingerprint density at radius 1 is 1.67 bits per heavy atom. The van der Waals surface area contributed by atoms with Gasteiger partial charge in [0.2, 0.25) is 7.37 Å². The summed E-state index contributed by atoms with van der Waals surface area (Å²) >= 11 is 0. The molecule has 1 atom stereocenters. The number of hydrogen-bond acceptors (Lipinski definition) is 2. The molecule has 0 fully saturated rings. The van der Waals surface area contributed by atoms with Crippen molar-refractivity contribution in [3.63, 3.8) is 0 Å². The van der Waals surface area contributed by atoms with E-state index in [0.717, 1.165) is 18.5 Å². The summed E-state index contributed by atoms with van der Waals surface area (Å²) in [7, 11) is -1.04. The Morgan fingerprint density at radius 3 is 2.50 bits per heavy atom. The average molecular weight is 191 g/mol. The Kier molecular flexibility index (Phi) is 4.76. The summed E-state index contributed by atoms with van der Waals surface area (Å²) in [5.41, 5.74) is 1.10. The number of hydrogen-bond donors (Lipinski definition) is 1. The van der Waals surface area contributed by atoms with E-state index in [0.29, 0.717) is 0 Å². The van der Waals surface area contributed by atoms with Gasteiger partial charge in [0.15, 0.2) is 0 Å². The normalized spacial score (nSPS) is 16.1. The third-order valence-electron chi connectivity index (χ3n) is 1.42. The van der Waals surface area contributed by atoms with Crippen molar-refractivity contribution in [2.45, 2.75) is 13.3 Å². The number of rotatable bonds is 5. The van der Waals surface area contributed by atoms with E-state index in [-0.39, 0.29) is 6.29 Å². The maximum atomic E-state index is 11.0. The second-order valence-electron chi connectivity index (χ2n) is 3.48. The van der Waals surface area contributed by atoms with Crippen LogP contribution in [-0.4, -0.2) is 36.3 Å². The monoisotopic (exact) mass is 191 g/mol. The second kappa shape index (κ2) is 4.80. The van der Waals surface area contributed by atoms with Crippen LogP contribution in [-0.2, 0) is 4.57 Å². The summed E-state index contributed by atoms with van der Waals surface area (Å²) in [5, 5.41) is 0. The fourth-order valence-corrected chi connectivity index (χ4v) is 1.94.